The van der Waals surface area contributed by atoms with Crippen molar-refractivity contribution in [2.75, 3.05) is 6.61 Å². The van der Waals surface area contributed by atoms with Crippen LogP contribution < -0.4 is 10.1 Å². The summed E-state index contributed by atoms with van der Waals surface area (Å²) in [6, 6.07) is 5.97. The largest absolute Gasteiger partial charge is 0.493 e. The molecule has 0 atom stereocenters. The number of carbonyl (C=O) groups excluding carboxylic acids is 1. The second-order valence-corrected chi connectivity index (χ2v) is 6.91. The van der Waals surface area contributed by atoms with Crippen molar-refractivity contribution in [3.05, 3.63) is 28.8 Å². The number of benzene rings is 1. The fraction of sp³-hybridized carbons (Fsp3) is 0.632. The van der Waals surface area contributed by atoms with E-state index in [0.717, 1.165) is 30.6 Å². The van der Waals surface area contributed by atoms with Gasteiger partial charge in [0.2, 0.25) is 5.91 Å². The third-order valence-corrected chi connectivity index (χ3v) is 4.65. The molecule has 1 amide bonds. The first-order chi connectivity index (χ1) is 11.1. The van der Waals surface area contributed by atoms with E-state index in [1.54, 1.807) is 0 Å². The minimum Gasteiger partial charge on any atom is -0.493 e. The summed E-state index contributed by atoms with van der Waals surface area (Å²) in [7, 11) is 0. The van der Waals surface area contributed by atoms with Crippen LogP contribution in [-0.4, -0.2) is 18.6 Å². The lowest BCUT2D eigenvalue weighted by atomic mass is 9.96. The van der Waals surface area contributed by atoms with E-state index >= 15 is 0 Å². The summed E-state index contributed by atoms with van der Waals surface area (Å²) in [4.78, 5) is 12.0. The molecule has 1 saturated carbocycles. The molecule has 1 fully saturated rings. The Morgan fingerprint density at radius 3 is 2.61 bits per heavy atom. The minimum atomic E-state index is 0.159. The lowest BCUT2D eigenvalue weighted by Crippen LogP contribution is -2.35. The van der Waals surface area contributed by atoms with Gasteiger partial charge in [0.25, 0.3) is 0 Å². The summed E-state index contributed by atoms with van der Waals surface area (Å²) in [5.41, 5.74) is 1.02. The zero-order valence-corrected chi connectivity index (χ0v) is 14.8. The second kappa shape index (κ2) is 9.82. The molecule has 128 valence electrons. The molecule has 1 N–H and O–H groups in total. The Hall–Kier alpha value is -1.22. The SMILES string of the molecule is Cc1cc(Cl)ccc1OCCCC(=O)NC1CCCCCCC1. The number of ether oxygens (including phenoxy) is 1. The average Bonchev–Trinajstić information content (AvgIpc) is 2.48. The van der Waals surface area contributed by atoms with Crippen LogP contribution in [0.25, 0.3) is 0 Å². The van der Waals surface area contributed by atoms with Crippen molar-refractivity contribution in [2.24, 2.45) is 0 Å². The fourth-order valence-electron chi connectivity index (χ4n) is 3.09. The molecule has 1 aromatic rings. The number of carbonyl (C=O) groups is 1. The van der Waals surface area contributed by atoms with Gasteiger partial charge in [0.05, 0.1) is 6.61 Å². The summed E-state index contributed by atoms with van der Waals surface area (Å²) < 4.78 is 5.73. The van der Waals surface area contributed by atoms with Gasteiger partial charge in [-0.2, -0.15) is 0 Å². The number of nitrogens with one attached hydrogen (secondary N) is 1. The molecule has 0 heterocycles. The number of aryl methyl sites for hydroxylation is 1. The summed E-state index contributed by atoms with van der Waals surface area (Å²) in [6.45, 7) is 2.53. The predicted octanol–water partition coefficient (Wildman–Crippen LogP) is 5.04. The highest BCUT2D eigenvalue weighted by Crippen LogP contribution is 2.22. The van der Waals surface area contributed by atoms with Crippen molar-refractivity contribution in [2.45, 2.75) is 70.8 Å². The number of hydrogen-bond donors (Lipinski definition) is 1. The fourth-order valence-corrected chi connectivity index (χ4v) is 3.32. The number of amides is 1. The smallest absolute Gasteiger partial charge is 0.220 e. The van der Waals surface area contributed by atoms with Crippen LogP contribution in [-0.2, 0) is 4.79 Å². The molecule has 0 saturated heterocycles. The van der Waals surface area contributed by atoms with Crippen LogP contribution >= 0.6 is 11.6 Å². The van der Waals surface area contributed by atoms with Crippen molar-refractivity contribution in [1.82, 2.24) is 5.32 Å². The van der Waals surface area contributed by atoms with E-state index < -0.39 is 0 Å². The van der Waals surface area contributed by atoms with E-state index in [1.165, 1.54) is 32.1 Å². The Kier molecular flexibility index (Phi) is 7.73. The highest BCUT2D eigenvalue weighted by molar-refractivity contribution is 6.30. The van der Waals surface area contributed by atoms with Gasteiger partial charge in [0.15, 0.2) is 0 Å². The van der Waals surface area contributed by atoms with Gasteiger partial charge in [0.1, 0.15) is 5.75 Å². The van der Waals surface area contributed by atoms with Crippen molar-refractivity contribution in [3.63, 3.8) is 0 Å². The maximum Gasteiger partial charge on any atom is 0.220 e. The molecule has 3 nitrogen and oxygen atoms in total. The zero-order valence-electron chi connectivity index (χ0n) is 14.1. The second-order valence-electron chi connectivity index (χ2n) is 6.47. The molecule has 0 unspecified atom stereocenters. The molecule has 1 aliphatic carbocycles. The Balaban J connectivity index is 1.64. The lowest BCUT2D eigenvalue weighted by Gasteiger charge is -2.21. The summed E-state index contributed by atoms with van der Waals surface area (Å²) >= 11 is 5.93. The predicted molar refractivity (Wildman–Crippen MR) is 95.2 cm³/mol. The first-order valence-corrected chi connectivity index (χ1v) is 9.21. The minimum absolute atomic E-state index is 0.159. The topological polar surface area (TPSA) is 38.3 Å². The van der Waals surface area contributed by atoms with Crippen LogP contribution in [0.5, 0.6) is 5.75 Å². The van der Waals surface area contributed by atoms with Crippen molar-refractivity contribution in [1.29, 1.82) is 0 Å². The summed E-state index contributed by atoms with van der Waals surface area (Å²) in [6.07, 6.45) is 9.97. The Morgan fingerprint density at radius 1 is 1.22 bits per heavy atom. The molecule has 23 heavy (non-hydrogen) atoms. The number of halogens is 1. The van der Waals surface area contributed by atoms with E-state index in [-0.39, 0.29) is 5.91 Å². The van der Waals surface area contributed by atoms with Crippen LogP contribution in [0.2, 0.25) is 5.02 Å². The van der Waals surface area contributed by atoms with E-state index in [4.69, 9.17) is 16.3 Å². The molecular weight excluding hydrogens is 310 g/mol. The van der Waals surface area contributed by atoms with Gasteiger partial charge in [-0.3, -0.25) is 4.79 Å². The molecule has 0 bridgehead atoms. The molecule has 0 radical (unpaired) electrons. The first kappa shape index (κ1) is 18.1. The van der Waals surface area contributed by atoms with Crippen molar-refractivity contribution >= 4 is 17.5 Å². The molecule has 0 aromatic heterocycles. The van der Waals surface area contributed by atoms with Crippen LogP contribution in [0, 0.1) is 6.92 Å². The highest BCUT2D eigenvalue weighted by Gasteiger charge is 2.13. The van der Waals surface area contributed by atoms with Gasteiger partial charge < -0.3 is 10.1 Å². The van der Waals surface area contributed by atoms with E-state index in [9.17, 15) is 4.79 Å². The summed E-state index contributed by atoms with van der Waals surface area (Å²) in [5.74, 6) is 1.00. The van der Waals surface area contributed by atoms with Gasteiger partial charge in [-0.05, 0) is 49.9 Å². The standard InChI is InChI=1S/C19H28ClNO2/c1-15-14-16(20)11-12-18(15)23-13-7-10-19(22)21-17-8-5-3-2-4-6-9-17/h11-12,14,17H,2-10,13H2,1H3,(H,21,22). The number of hydrogen-bond acceptors (Lipinski definition) is 2. The average molecular weight is 338 g/mol. The third-order valence-electron chi connectivity index (χ3n) is 4.41. The van der Waals surface area contributed by atoms with E-state index in [1.807, 2.05) is 25.1 Å². The monoisotopic (exact) mass is 337 g/mol. The number of rotatable bonds is 6. The van der Waals surface area contributed by atoms with Gasteiger partial charge in [-0.1, -0.05) is 43.7 Å². The normalized spacial score (nSPS) is 16.4. The molecule has 1 aromatic carbocycles. The van der Waals surface area contributed by atoms with Crippen LogP contribution in [0.3, 0.4) is 0 Å². The van der Waals surface area contributed by atoms with Crippen LogP contribution in [0.1, 0.15) is 63.4 Å². The highest BCUT2D eigenvalue weighted by atomic mass is 35.5. The van der Waals surface area contributed by atoms with Gasteiger partial charge in [-0.25, -0.2) is 0 Å². The Morgan fingerprint density at radius 2 is 1.91 bits per heavy atom. The van der Waals surface area contributed by atoms with Gasteiger partial charge in [0, 0.05) is 17.5 Å². The molecule has 4 heteroatoms. The Labute approximate surface area is 144 Å². The van der Waals surface area contributed by atoms with Gasteiger partial charge >= 0.3 is 0 Å². The third kappa shape index (κ3) is 6.82. The van der Waals surface area contributed by atoms with Crippen molar-refractivity contribution < 1.29 is 9.53 Å². The molecule has 0 spiro atoms. The van der Waals surface area contributed by atoms with Crippen LogP contribution in [0.15, 0.2) is 18.2 Å². The lowest BCUT2D eigenvalue weighted by molar-refractivity contribution is -0.122. The first-order valence-electron chi connectivity index (χ1n) is 8.83. The zero-order chi connectivity index (χ0) is 16.5. The van der Waals surface area contributed by atoms with Crippen LogP contribution in [0.4, 0.5) is 0 Å². The molecule has 2 rings (SSSR count). The molecular formula is C19H28ClNO2. The quantitative estimate of drug-likeness (QED) is 0.739. The molecule has 1 aliphatic rings. The van der Waals surface area contributed by atoms with E-state index in [2.05, 4.69) is 5.32 Å². The Bertz CT molecular complexity index is 496. The molecule has 0 aliphatic heterocycles. The maximum absolute atomic E-state index is 12.0. The summed E-state index contributed by atoms with van der Waals surface area (Å²) in [5, 5.41) is 3.91. The van der Waals surface area contributed by atoms with Crippen molar-refractivity contribution in [3.8, 4) is 5.75 Å². The van der Waals surface area contributed by atoms with E-state index in [0.29, 0.717) is 24.1 Å². The van der Waals surface area contributed by atoms with Gasteiger partial charge in [-0.15, -0.1) is 0 Å². The maximum atomic E-state index is 12.0.